The predicted octanol–water partition coefficient (Wildman–Crippen LogP) is 1.91. The normalized spacial score (nSPS) is 29.7. The van der Waals surface area contributed by atoms with Gasteiger partial charge in [0, 0.05) is 5.57 Å². The third kappa shape index (κ3) is 4.53. The van der Waals surface area contributed by atoms with Gasteiger partial charge in [0.25, 0.3) is 0 Å². The molecule has 0 aromatic rings. The van der Waals surface area contributed by atoms with E-state index in [4.69, 9.17) is 4.74 Å². The van der Waals surface area contributed by atoms with Crippen LogP contribution in [0.15, 0.2) is 16.5 Å². The standard InChI is InChI=1S/C15H20F3NO5S/c1-8(2)14(21)24-12-7-10-6-11(12)5-9(10)3-4-13(20)19-25(22,23)15(16,17)18/h9-12H,1,3-7H2,2H3,(H,19,20)/p-1. The maximum Gasteiger partial charge on any atom is 0.518 e. The van der Waals surface area contributed by atoms with Crippen LogP contribution in [0.4, 0.5) is 13.2 Å². The third-order valence-corrected chi connectivity index (χ3v) is 5.82. The maximum absolute atomic E-state index is 12.2. The lowest BCUT2D eigenvalue weighted by atomic mass is 9.84. The molecule has 142 valence electrons. The highest BCUT2D eigenvalue weighted by molar-refractivity contribution is 7.91. The largest absolute Gasteiger partial charge is 0.861 e. The highest BCUT2D eigenvalue weighted by Crippen LogP contribution is 2.51. The number of rotatable bonds is 6. The molecule has 0 N–H and O–H groups in total. The van der Waals surface area contributed by atoms with Crippen molar-refractivity contribution >= 4 is 21.9 Å². The van der Waals surface area contributed by atoms with Crippen LogP contribution in [0.5, 0.6) is 0 Å². The van der Waals surface area contributed by atoms with E-state index in [0.29, 0.717) is 18.4 Å². The number of hydrogen-bond donors (Lipinski definition) is 0. The van der Waals surface area contributed by atoms with E-state index in [1.165, 1.54) is 0 Å². The average Bonchev–Trinajstić information content (AvgIpc) is 3.02. The molecule has 0 heterocycles. The summed E-state index contributed by atoms with van der Waals surface area (Å²) in [6.45, 7) is 5.08. The first-order valence-corrected chi connectivity index (χ1v) is 9.28. The van der Waals surface area contributed by atoms with Gasteiger partial charge in [-0.1, -0.05) is 6.58 Å². The molecule has 25 heavy (non-hydrogen) atoms. The van der Waals surface area contributed by atoms with Crippen molar-refractivity contribution in [3.63, 3.8) is 0 Å². The van der Waals surface area contributed by atoms with Gasteiger partial charge < -0.3 is 9.84 Å². The van der Waals surface area contributed by atoms with E-state index in [-0.39, 0.29) is 36.7 Å². The number of halogens is 3. The second-order valence-corrected chi connectivity index (χ2v) is 8.25. The minimum absolute atomic E-state index is 0.0949. The minimum Gasteiger partial charge on any atom is -0.861 e. The minimum atomic E-state index is -5.77. The van der Waals surface area contributed by atoms with E-state index in [2.05, 4.69) is 11.0 Å². The van der Waals surface area contributed by atoms with Crippen LogP contribution in [0.3, 0.4) is 0 Å². The summed E-state index contributed by atoms with van der Waals surface area (Å²) < 4.78 is 65.8. The first-order chi connectivity index (χ1) is 11.4. The lowest BCUT2D eigenvalue weighted by Gasteiger charge is -2.28. The SMILES string of the molecule is C=C(C)C(=O)OC1CC2CC1CC2CC/C([O-])=N\S(=O)(=O)C(F)(F)F. The molecule has 4 unspecified atom stereocenters. The van der Waals surface area contributed by atoms with Crippen molar-refractivity contribution < 1.29 is 36.2 Å². The molecule has 0 aromatic heterocycles. The van der Waals surface area contributed by atoms with Crippen LogP contribution in [0.1, 0.15) is 39.0 Å². The lowest BCUT2D eigenvalue weighted by Crippen LogP contribution is -2.29. The fourth-order valence-electron chi connectivity index (χ4n) is 3.62. The fraction of sp³-hybridized carbons (Fsp3) is 0.733. The number of fused-ring (bicyclic) bond motifs is 2. The molecule has 0 spiro atoms. The molecular weight excluding hydrogens is 363 g/mol. The van der Waals surface area contributed by atoms with Crippen molar-refractivity contribution in [1.82, 2.24) is 0 Å². The number of nitrogens with zero attached hydrogens (tertiary/aromatic N) is 1. The smallest absolute Gasteiger partial charge is 0.518 e. The quantitative estimate of drug-likeness (QED) is 0.303. The van der Waals surface area contributed by atoms with E-state index in [1.807, 2.05) is 0 Å². The van der Waals surface area contributed by atoms with Gasteiger partial charge >= 0.3 is 21.5 Å². The molecule has 2 rings (SSSR count). The molecule has 0 aromatic carbocycles. The summed E-state index contributed by atoms with van der Waals surface area (Å²) >= 11 is 0. The van der Waals surface area contributed by atoms with Crippen molar-refractivity contribution in [2.75, 3.05) is 0 Å². The summed E-state index contributed by atoms with van der Waals surface area (Å²) in [6, 6.07) is 0. The van der Waals surface area contributed by atoms with Gasteiger partial charge in [-0.3, -0.25) is 0 Å². The molecule has 0 aliphatic heterocycles. The van der Waals surface area contributed by atoms with E-state index < -0.39 is 27.4 Å². The molecule has 0 amide bonds. The Morgan fingerprint density at radius 2 is 1.92 bits per heavy atom. The Labute approximate surface area is 143 Å². The highest BCUT2D eigenvalue weighted by Gasteiger charge is 2.47. The Kier molecular flexibility index (Phi) is 5.50. The van der Waals surface area contributed by atoms with Crippen molar-refractivity contribution in [2.24, 2.45) is 22.2 Å². The molecule has 2 bridgehead atoms. The first-order valence-electron chi connectivity index (χ1n) is 7.84. The zero-order valence-electron chi connectivity index (χ0n) is 13.6. The Balaban J connectivity index is 1.86. The molecule has 0 radical (unpaired) electrons. The van der Waals surface area contributed by atoms with Crippen LogP contribution < -0.4 is 5.11 Å². The van der Waals surface area contributed by atoms with E-state index in [9.17, 15) is 31.5 Å². The summed E-state index contributed by atoms with van der Waals surface area (Å²) in [5.41, 5.74) is -5.24. The number of ether oxygens (including phenoxy) is 1. The van der Waals surface area contributed by atoms with E-state index >= 15 is 0 Å². The number of alkyl halides is 3. The van der Waals surface area contributed by atoms with Crippen molar-refractivity contribution in [2.45, 2.75) is 50.6 Å². The van der Waals surface area contributed by atoms with Crippen molar-refractivity contribution in [1.29, 1.82) is 0 Å². The summed E-state index contributed by atoms with van der Waals surface area (Å²) in [6.07, 6.45) is 1.89. The Morgan fingerprint density at radius 1 is 1.28 bits per heavy atom. The number of sulfonamides is 1. The summed E-state index contributed by atoms with van der Waals surface area (Å²) in [7, 11) is -5.77. The summed E-state index contributed by atoms with van der Waals surface area (Å²) in [5.74, 6) is -1.27. The van der Waals surface area contributed by atoms with Gasteiger partial charge in [0.05, 0.1) is 0 Å². The summed E-state index contributed by atoms with van der Waals surface area (Å²) in [4.78, 5) is 11.6. The second-order valence-electron chi connectivity index (χ2n) is 6.66. The number of carbonyl (C=O) groups is 1. The molecule has 2 saturated carbocycles. The molecule has 2 aliphatic rings. The van der Waals surface area contributed by atoms with Gasteiger partial charge in [-0.2, -0.15) is 26.0 Å². The molecule has 0 saturated heterocycles. The lowest BCUT2D eigenvalue weighted by molar-refractivity contribution is -0.218. The molecule has 2 fully saturated rings. The first kappa shape index (κ1) is 19.7. The molecule has 4 atom stereocenters. The van der Waals surface area contributed by atoms with Crippen molar-refractivity contribution in [3.8, 4) is 0 Å². The molecule has 2 aliphatic carbocycles. The van der Waals surface area contributed by atoms with Crippen LogP contribution in [-0.4, -0.2) is 31.9 Å². The van der Waals surface area contributed by atoms with Crippen LogP contribution in [0.2, 0.25) is 0 Å². The number of esters is 1. The van der Waals surface area contributed by atoms with Gasteiger partial charge in [0.2, 0.25) is 0 Å². The number of hydrogen-bond acceptors (Lipinski definition) is 5. The van der Waals surface area contributed by atoms with Crippen LogP contribution in [0.25, 0.3) is 0 Å². The Morgan fingerprint density at radius 3 is 2.40 bits per heavy atom. The van der Waals surface area contributed by atoms with Crippen molar-refractivity contribution in [3.05, 3.63) is 12.2 Å². The zero-order chi connectivity index (χ0) is 19.0. The highest BCUT2D eigenvalue weighted by atomic mass is 32.2. The monoisotopic (exact) mass is 382 g/mol. The second kappa shape index (κ2) is 6.97. The molecule has 10 heteroatoms. The Hall–Kier alpha value is -1.58. The topological polar surface area (TPSA) is 95.9 Å². The van der Waals surface area contributed by atoms with Crippen LogP contribution in [0, 0.1) is 17.8 Å². The van der Waals surface area contributed by atoms with Gasteiger partial charge in [-0.05, 0) is 62.7 Å². The van der Waals surface area contributed by atoms with E-state index in [0.717, 1.165) is 6.42 Å². The van der Waals surface area contributed by atoms with Gasteiger partial charge in [0.15, 0.2) is 0 Å². The van der Waals surface area contributed by atoms with Gasteiger partial charge in [-0.15, -0.1) is 0 Å². The summed E-state index contributed by atoms with van der Waals surface area (Å²) in [5, 5.41) is 11.4. The maximum atomic E-state index is 12.2. The fourth-order valence-corrected chi connectivity index (χ4v) is 4.08. The van der Waals surface area contributed by atoms with Gasteiger partial charge in [0.1, 0.15) is 6.10 Å². The number of carbonyl (C=O) groups excluding carboxylic acids is 1. The average molecular weight is 382 g/mol. The molecular formula is C15H19F3NO5S-. The third-order valence-electron chi connectivity index (χ3n) is 4.79. The van der Waals surface area contributed by atoms with E-state index in [1.54, 1.807) is 6.92 Å². The Bertz CT molecular complexity index is 686. The predicted molar refractivity (Wildman–Crippen MR) is 80.7 cm³/mol. The zero-order valence-corrected chi connectivity index (χ0v) is 14.4. The molecule has 6 nitrogen and oxygen atoms in total. The van der Waals surface area contributed by atoms with Crippen LogP contribution >= 0.6 is 0 Å². The van der Waals surface area contributed by atoms with Crippen LogP contribution in [-0.2, 0) is 19.6 Å². The van der Waals surface area contributed by atoms with Gasteiger partial charge in [-0.25, -0.2) is 4.79 Å².